The molecule has 2 aliphatic heterocycles. The molecule has 4 nitrogen and oxygen atoms in total. The maximum atomic E-state index is 9.31. The molecule has 0 aromatic rings. The molecule has 0 spiro atoms. The molecule has 4 atom stereocenters. The van der Waals surface area contributed by atoms with E-state index in [2.05, 4.69) is 0 Å². The number of methoxy groups -OCH3 is 1. The molecule has 2 saturated heterocycles. The first-order chi connectivity index (χ1) is 5.33. The van der Waals surface area contributed by atoms with Crippen LogP contribution >= 0.6 is 0 Å². The van der Waals surface area contributed by atoms with E-state index in [0.29, 0.717) is 13.2 Å². The summed E-state index contributed by atoms with van der Waals surface area (Å²) < 4.78 is 15.7. The smallest absolute Gasteiger partial charge is 0.115 e. The lowest BCUT2D eigenvalue weighted by Crippen LogP contribution is -2.32. The Balaban J connectivity index is 2.04. The highest BCUT2D eigenvalue weighted by molar-refractivity contribution is 4.94. The van der Waals surface area contributed by atoms with Crippen LogP contribution in [0.25, 0.3) is 0 Å². The molecule has 0 aliphatic carbocycles. The third kappa shape index (κ3) is 1.06. The van der Waals surface area contributed by atoms with Gasteiger partial charge in [-0.05, 0) is 0 Å². The molecule has 1 N–H and O–H groups in total. The second-order valence-electron chi connectivity index (χ2n) is 2.94. The van der Waals surface area contributed by atoms with Gasteiger partial charge in [0.25, 0.3) is 0 Å². The summed E-state index contributed by atoms with van der Waals surface area (Å²) in [6, 6.07) is 0. The van der Waals surface area contributed by atoms with Crippen LogP contribution in [0.1, 0.15) is 0 Å². The molecule has 0 aromatic carbocycles. The van der Waals surface area contributed by atoms with Crippen molar-refractivity contribution in [3.8, 4) is 0 Å². The minimum Gasteiger partial charge on any atom is -0.388 e. The van der Waals surface area contributed by atoms with Crippen molar-refractivity contribution in [2.75, 3.05) is 20.3 Å². The van der Waals surface area contributed by atoms with Gasteiger partial charge in [-0.15, -0.1) is 0 Å². The lowest BCUT2D eigenvalue weighted by molar-refractivity contribution is -0.0168. The molecule has 0 saturated carbocycles. The first-order valence-electron chi connectivity index (χ1n) is 3.77. The van der Waals surface area contributed by atoms with Crippen LogP contribution in [-0.2, 0) is 14.2 Å². The Morgan fingerprint density at radius 2 is 2.00 bits per heavy atom. The second kappa shape index (κ2) is 2.71. The highest BCUT2D eigenvalue weighted by Crippen LogP contribution is 2.28. The molecule has 2 fully saturated rings. The van der Waals surface area contributed by atoms with Gasteiger partial charge in [-0.1, -0.05) is 0 Å². The van der Waals surface area contributed by atoms with E-state index in [1.54, 1.807) is 7.11 Å². The van der Waals surface area contributed by atoms with E-state index in [9.17, 15) is 5.11 Å². The number of hydrogen-bond acceptors (Lipinski definition) is 4. The van der Waals surface area contributed by atoms with Gasteiger partial charge in [-0.25, -0.2) is 0 Å². The van der Waals surface area contributed by atoms with Gasteiger partial charge in [0.1, 0.15) is 24.4 Å². The van der Waals surface area contributed by atoms with Crippen LogP contribution in [0.2, 0.25) is 0 Å². The van der Waals surface area contributed by atoms with E-state index in [1.807, 2.05) is 0 Å². The Bertz CT molecular complexity index is 149. The van der Waals surface area contributed by atoms with Crippen molar-refractivity contribution < 1.29 is 19.3 Å². The second-order valence-corrected chi connectivity index (χ2v) is 2.94. The molecule has 0 radical (unpaired) electrons. The van der Waals surface area contributed by atoms with Gasteiger partial charge in [0, 0.05) is 7.11 Å². The number of ether oxygens (including phenoxy) is 3. The van der Waals surface area contributed by atoms with Crippen LogP contribution in [-0.4, -0.2) is 49.8 Å². The fourth-order valence-corrected chi connectivity index (χ4v) is 1.65. The Morgan fingerprint density at radius 3 is 2.73 bits per heavy atom. The Hall–Kier alpha value is -0.160. The van der Waals surface area contributed by atoms with Crippen LogP contribution in [0.4, 0.5) is 0 Å². The average molecular weight is 160 g/mol. The number of rotatable bonds is 1. The van der Waals surface area contributed by atoms with Crippen molar-refractivity contribution in [2.45, 2.75) is 24.4 Å². The van der Waals surface area contributed by atoms with Gasteiger partial charge in [-0.3, -0.25) is 0 Å². The van der Waals surface area contributed by atoms with Crippen molar-refractivity contribution in [1.82, 2.24) is 0 Å². The standard InChI is InChI=1S/C7H12O4/c1-9-5-3-11-6-4(8)2-10-7(5)6/h4-8H,2-3H2,1H3/t4?,5?,6-,7-/m1/s1. The van der Waals surface area contributed by atoms with E-state index >= 15 is 0 Å². The lowest BCUT2D eigenvalue weighted by Gasteiger charge is -2.12. The van der Waals surface area contributed by atoms with E-state index in [-0.39, 0.29) is 18.3 Å². The molecule has 0 bridgehead atoms. The van der Waals surface area contributed by atoms with E-state index in [0.717, 1.165) is 0 Å². The molecule has 0 amide bonds. The van der Waals surface area contributed by atoms with E-state index < -0.39 is 6.10 Å². The zero-order valence-corrected chi connectivity index (χ0v) is 6.40. The molecule has 4 heteroatoms. The van der Waals surface area contributed by atoms with Crippen LogP contribution in [0.3, 0.4) is 0 Å². The summed E-state index contributed by atoms with van der Waals surface area (Å²) in [6.07, 6.45) is -0.702. The van der Waals surface area contributed by atoms with Crippen molar-refractivity contribution in [3.63, 3.8) is 0 Å². The van der Waals surface area contributed by atoms with Crippen LogP contribution in [0.15, 0.2) is 0 Å². The van der Waals surface area contributed by atoms with Gasteiger partial charge in [0.2, 0.25) is 0 Å². The van der Waals surface area contributed by atoms with E-state index in [4.69, 9.17) is 14.2 Å². The molecular weight excluding hydrogens is 148 g/mol. The van der Waals surface area contributed by atoms with Crippen molar-refractivity contribution >= 4 is 0 Å². The number of hydrogen-bond donors (Lipinski definition) is 1. The summed E-state index contributed by atoms with van der Waals surface area (Å²) in [7, 11) is 1.63. The monoisotopic (exact) mass is 160 g/mol. The highest BCUT2D eigenvalue weighted by atomic mass is 16.6. The topological polar surface area (TPSA) is 47.9 Å². The SMILES string of the molecule is COC1CO[C@@H]2C(O)CO[C@H]12. The summed E-state index contributed by atoms with van der Waals surface area (Å²) in [5.41, 5.74) is 0. The molecular formula is C7H12O4. The maximum Gasteiger partial charge on any atom is 0.115 e. The molecule has 64 valence electrons. The molecule has 2 aliphatic rings. The third-order valence-electron chi connectivity index (χ3n) is 2.28. The maximum absolute atomic E-state index is 9.31. The first kappa shape index (κ1) is 7.49. The Morgan fingerprint density at radius 1 is 1.27 bits per heavy atom. The normalized spacial score (nSPS) is 49.6. The zero-order valence-electron chi connectivity index (χ0n) is 6.40. The summed E-state index contributed by atoms with van der Waals surface area (Å²) in [5.74, 6) is 0. The van der Waals surface area contributed by atoms with Gasteiger partial charge in [0.05, 0.1) is 13.2 Å². The minimum atomic E-state index is -0.472. The van der Waals surface area contributed by atoms with Crippen molar-refractivity contribution in [1.29, 1.82) is 0 Å². The average Bonchev–Trinajstić information content (AvgIpc) is 2.53. The summed E-state index contributed by atoms with van der Waals surface area (Å²) >= 11 is 0. The first-order valence-corrected chi connectivity index (χ1v) is 3.77. The number of aliphatic hydroxyl groups excluding tert-OH is 1. The minimum absolute atomic E-state index is 0.00264. The van der Waals surface area contributed by atoms with Gasteiger partial charge < -0.3 is 19.3 Å². The van der Waals surface area contributed by atoms with Crippen LogP contribution in [0.5, 0.6) is 0 Å². The molecule has 2 unspecified atom stereocenters. The Kier molecular flexibility index (Phi) is 1.85. The van der Waals surface area contributed by atoms with Crippen LogP contribution < -0.4 is 0 Å². The summed E-state index contributed by atoms with van der Waals surface area (Å²) in [4.78, 5) is 0. The van der Waals surface area contributed by atoms with E-state index in [1.165, 1.54) is 0 Å². The molecule has 2 heterocycles. The zero-order chi connectivity index (χ0) is 7.84. The third-order valence-corrected chi connectivity index (χ3v) is 2.28. The molecule has 0 aromatic heterocycles. The van der Waals surface area contributed by atoms with Crippen molar-refractivity contribution in [3.05, 3.63) is 0 Å². The largest absolute Gasteiger partial charge is 0.388 e. The van der Waals surface area contributed by atoms with Crippen molar-refractivity contribution in [2.24, 2.45) is 0 Å². The fourth-order valence-electron chi connectivity index (χ4n) is 1.65. The quantitative estimate of drug-likeness (QED) is 0.543. The van der Waals surface area contributed by atoms with Gasteiger partial charge in [-0.2, -0.15) is 0 Å². The molecule has 11 heavy (non-hydrogen) atoms. The molecule has 2 rings (SSSR count). The van der Waals surface area contributed by atoms with Gasteiger partial charge in [0.15, 0.2) is 0 Å². The number of fused-ring (bicyclic) bond motifs is 1. The fraction of sp³-hybridized carbons (Fsp3) is 1.00. The summed E-state index contributed by atoms with van der Waals surface area (Å²) in [6.45, 7) is 0.901. The number of aliphatic hydroxyl groups is 1. The predicted molar refractivity (Wildman–Crippen MR) is 36.3 cm³/mol. The van der Waals surface area contributed by atoms with Crippen LogP contribution in [0, 0.1) is 0 Å². The summed E-state index contributed by atoms with van der Waals surface area (Å²) in [5, 5.41) is 9.31. The highest BCUT2D eigenvalue weighted by Gasteiger charge is 2.47. The Labute approximate surface area is 65.1 Å². The van der Waals surface area contributed by atoms with Gasteiger partial charge >= 0.3 is 0 Å². The lowest BCUT2D eigenvalue weighted by atomic mass is 10.1. The predicted octanol–water partition coefficient (Wildman–Crippen LogP) is -0.840.